The molecule has 2 rings (SSSR count). The second-order valence-electron chi connectivity index (χ2n) is 4.90. The van der Waals surface area contributed by atoms with Crippen molar-refractivity contribution in [3.63, 3.8) is 0 Å². The number of rotatable bonds is 6. The van der Waals surface area contributed by atoms with Crippen LogP contribution in [0.5, 0.6) is 0 Å². The third-order valence-electron chi connectivity index (χ3n) is 3.47. The van der Waals surface area contributed by atoms with Crippen molar-refractivity contribution in [2.75, 3.05) is 24.5 Å². The van der Waals surface area contributed by atoms with Crippen molar-refractivity contribution in [3.05, 3.63) is 24.4 Å². The number of carbonyl (C=O) groups is 1. The molecular weight excluding hydrogens is 242 g/mol. The lowest BCUT2D eigenvalue weighted by Gasteiger charge is -2.33. The minimum atomic E-state index is -0.716. The number of aliphatic carboxylic acids is 1. The molecule has 5 nitrogen and oxygen atoms in total. The molecule has 1 saturated heterocycles. The van der Waals surface area contributed by atoms with Crippen LogP contribution in [0.3, 0.4) is 0 Å². The lowest BCUT2D eigenvalue weighted by Crippen LogP contribution is -2.43. The van der Waals surface area contributed by atoms with Crippen LogP contribution in [0.4, 0.5) is 5.82 Å². The van der Waals surface area contributed by atoms with Gasteiger partial charge in [0.25, 0.3) is 0 Å². The van der Waals surface area contributed by atoms with Gasteiger partial charge in [0.2, 0.25) is 0 Å². The van der Waals surface area contributed by atoms with Crippen molar-refractivity contribution < 1.29 is 9.90 Å². The first-order valence-electron chi connectivity index (χ1n) is 6.87. The van der Waals surface area contributed by atoms with Crippen LogP contribution in [0, 0.1) is 0 Å². The van der Waals surface area contributed by atoms with Crippen LogP contribution in [-0.4, -0.2) is 41.7 Å². The molecule has 1 aromatic rings. The van der Waals surface area contributed by atoms with Crippen molar-refractivity contribution in [1.29, 1.82) is 0 Å². The average Bonchev–Trinajstić information content (AvgIpc) is 2.45. The zero-order chi connectivity index (χ0) is 13.5. The normalized spacial score (nSPS) is 16.5. The second kappa shape index (κ2) is 7.09. The highest BCUT2D eigenvalue weighted by molar-refractivity contribution is 5.66. The predicted octanol–water partition coefficient (Wildman–Crippen LogP) is 1.50. The van der Waals surface area contributed by atoms with Gasteiger partial charge < -0.3 is 15.3 Å². The molecule has 0 amide bonds. The van der Waals surface area contributed by atoms with Crippen LogP contribution in [0.2, 0.25) is 0 Å². The Morgan fingerprint density at radius 2 is 2.21 bits per heavy atom. The Morgan fingerprint density at radius 3 is 2.84 bits per heavy atom. The Hall–Kier alpha value is -1.62. The summed E-state index contributed by atoms with van der Waals surface area (Å²) < 4.78 is 0. The number of aromatic nitrogens is 1. The van der Waals surface area contributed by atoms with E-state index in [1.54, 1.807) is 0 Å². The molecule has 0 unspecified atom stereocenters. The quantitative estimate of drug-likeness (QED) is 0.762. The van der Waals surface area contributed by atoms with Crippen molar-refractivity contribution in [2.45, 2.75) is 31.7 Å². The molecular formula is C14H21N3O2. The maximum Gasteiger partial charge on any atom is 0.303 e. The van der Waals surface area contributed by atoms with Crippen LogP contribution in [0.25, 0.3) is 0 Å². The minimum Gasteiger partial charge on any atom is -0.481 e. The molecule has 0 saturated carbocycles. The summed E-state index contributed by atoms with van der Waals surface area (Å²) in [7, 11) is 0. The maximum atomic E-state index is 10.4. The van der Waals surface area contributed by atoms with E-state index in [0.717, 1.165) is 38.3 Å². The van der Waals surface area contributed by atoms with E-state index in [9.17, 15) is 4.79 Å². The molecule has 0 radical (unpaired) electrons. The van der Waals surface area contributed by atoms with Crippen molar-refractivity contribution >= 4 is 11.8 Å². The molecule has 1 aliphatic heterocycles. The van der Waals surface area contributed by atoms with Gasteiger partial charge >= 0.3 is 5.97 Å². The summed E-state index contributed by atoms with van der Waals surface area (Å²) in [4.78, 5) is 17.1. The van der Waals surface area contributed by atoms with Crippen LogP contribution in [0.15, 0.2) is 24.4 Å². The SMILES string of the molecule is O=C(O)CCCNC1CCN(c2ccccn2)CC1. The molecule has 2 heterocycles. The highest BCUT2D eigenvalue weighted by Crippen LogP contribution is 2.17. The molecule has 0 bridgehead atoms. The molecule has 1 aliphatic rings. The molecule has 19 heavy (non-hydrogen) atoms. The van der Waals surface area contributed by atoms with Gasteiger partial charge in [-0.3, -0.25) is 4.79 Å². The fourth-order valence-electron chi connectivity index (χ4n) is 2.40. The molecule has 1 fully saturated rings. The van der Waals surface area contributed by atoms with Gasteiger partial charge in [0.1, 0.15) is 5.82 Å². The number of hydrogen-bond donors (Lipinski definition) is 2. The van der Waals surface area contributed by atoms with E-state index in [1.165, 1.54) is 0 Å². The zero-order valence-electron chi connectivity index (χ0n) is 11.1. The van der Waals surface area contributed by atoms with Gasteiger partial charge in [-0.15, -0.1) is 0 Å². The largest absolute Gasteiger partial charge is 0.481 e. The van der Waals surface area contributed by atoms with Crippen molar-refractivity contribution in [3.8, 4) is 0 Å². The zero-order valence-corrected chi connectivity index (χ0v) is 11.1. The van der Waals surface area contributed by atoms with E-state index >= 15 is 0 Å². The van der Waals surface area contributed by atoms with Gasteiger partial charge in [0.15, 0.2) is 0 Å². The summed E-state index contributed by atoms with van der Waals surface area (Å²) in [5.74, 6) is 0.332. The molecule has 0 aliphatic carbocycles. The molecule has 5 heteroatoms. The van der Waals surface area contributed by atoms with Gasteiger partial charge in [0.05, 0.1) is 0 Å². The first-order chi connectivity index (χ1) is 9.25. The number of anilines is 1. The van der Waals surface area contributed by atoms with Crippen LogP contribution in [0.1, 0.15) is 25.7 Å². The van der Waals surface area contributed by atoms with Gasteiger partial charge in [-0.1, -0.05) is 6.07 Å². The van der Waals surface area contributed by atoms with E-state index in [-0.39, 0.29) is 6.42 Å². The molecule has 104 valence electrons. The third kappa shape index (κ3) is 4.52. The second-order valence-corrected chi connectivity index (χ2v) is 4.90. The summed E-state index contributed by atoms with van der Waals surface area (Å²) >= 11 is 0. The highest BCUT2D eigenvalue weighted by Gasteiger charge is 2.19. The number of hydrogen-bond acceptors (Lipinski definition) is 4. The molecule has 0 spiro atoms. The Morgan fingerprint density at radius 1 is 1.42 bits per heavy atom. The highest BCUT2D eigenvalue weighted by atomic mass is 16.4. The number of carboxylic acid groups (broad SMARTS) is 1. The Kier molecular flexibility index (Phi) is 5.15. The summed E-state index contributed by atoms with van der Waals surface area (Å²) in [6, 6.07) is 6.49. The standard InChI is InChI=1S/C14H21N3O2/c18-14(19)5-3-9-15-12-6-10-17(11-7-12)13-4-1-2-8-16-13/h1-2,4,8,12,15H,3,5-7,9-11H2,(H,18,19). The van der Waals surface area contributed by atoms with E-state index < -0.39 is 5.97 Å². The van der Waals surface area contributed by atoms with Gasteiger partial charge in [-0.05, 0) is 37.9 Å². The van der Waals surface area contributed by atoms with Crippen molar-refractivity contribution in [1.82, 2.24) is 10.3 Å². The van der Waals surface area contributed by atoms with E-state index in [1.807, 2.05) is 24.4 Å². The predicted molar refractivity (Wildman–Crippen MR) is 74.3 cm³/mol. The minimum absolute atomic E-state index is 0.250. The molecule has 2 N–H and O–H groups in total. The number of pyridine rings is 1. The van der Waals surface area contributed by atoms with Crippen LogP contribution in [-0.2, 0) is 4.79 Å². The lowest BCUT2D eigenvalue weighted by atomic mass is 10.0. The number of piperidine rings is 1. The summed E-state index contributed by atoms with van der Waals surface area (Å²) in [6.45, 7) is 2.81. The molecule has 1 aromatic heterocycles. The fraction of sp³-hybridized carbons (Fsp3) is 0.571. The molecule has 0 atom stereocenters. The fourth-order valence-corrected chi connectivity index (χ4v) is 2.40. The van der Waals surface area contributed by atoms with Gasteiger partial charge in [0, 0.05) is 31.7 Å². The monoisotopic (exact) mass is 263 g/mol. The van der Waals surface area contributed by atoms with Crippen LogP contribution >= 0.6 is 0 Å². The van der Waals surface area contributed by atoms with E-state index in [4.69, 9.17) is 5.11 Å². The van der Waals surface area contributed by atoms with Crippen molar-refractivity contribution in [2.24, 2.45) is 0 Å². The Labute approximate surface area is 113 Å². The first kappa shape index (κ1) is 13.8. The van der Waals surface area contributed by atoms with Gasteiger partial charge in [-0.2, -0.15) is 0 Å². The third-order valence-corrected chi connectivity index (χ3v) is 3.47. The van der Waals surface area contributed by atoms with Gasteiger partial charge in [-0.25, -0.2) is 4.98 Å². The maximum absolute atomic E-state index is 10.4. The lowest BCUT2D eigenvalue weighted by molar-refractivity contribution is -0.137. The van der Waals surface area contributed by atoms with Crippen LogP contribution < -0.4 is 10.2 Å². The number of nitrogens with one attached hydrogen (secondary N) is 1. The first-order valence-corrected chi connectivity index (χ1v) is 6.87. The molecule has 0 aromatic carbocycles. The average molecular weight is 263 g/mol. The number of nitrogens with zero attached hydrogens (tertiary/aromatic N) is 2. The smallest absolute Gasteiger partial charge is 0.303 e. The topological polar surface area (TPSA) is 65.5 Å². The summed E-state index contributed by atoms with van der Waals surface area (Å²) in [5.41, 5.74) is 0. The summed E-state index contributed by atoms with van der Waals surface area (Å²) in [6.07, 6.45) is 4.95. The Bertz CT molecular complexity index is 389. The number of carboxylic acids is 1. The Balaban J connectivity index is 1.67. The van der Waals surface area contributed by atoms with E-state index in [0.29, 0.717) is 12.5 Å². The van der Waals surface area contributed by atoms with E-state index in [2.05, 4.69) is 15.2 Å². The summed E-state index contributed by atoms with van der Waals surface area (Å²) in [5, 5.41) is 12.0.